The van der Waals surface area contributed by atoms with Crippen molar-refractivity contribution in [3.63, 3.8) is 0 Å². The summed E-state index contributed by atoms with van der Waals surface area (Å²) in [5.41, 5.74) is 0.354. The Morgan fingerprint density at radius 1 is 1.44 bits per heavy atom. The standard InChI is InChI=1S/C21H26N2O4/c1-3-13-11-23-9-8-20-14-6-4-5-7-16(14)22-21(20,23)17(25)10-15(13)19(20,12-24)18(26)27-2/h3-7,15,17,22,24-25H,8-12H2,1-2H3/b13-3-/t15-,17?,19?,20-,21-/m0/s1. The minimum atomic E-state index is -1.13. The van der Waals surface area contributed by atoms with Gasteiger partial charge in [-0.25, -0.2) is 0 Å². The van der Waals surface area contributed by atoms with Crippen LogP contribution in [0, 0.1) is 11.3 Å². The van der Waals surface area contributed by atoms with Crippen LogP contribution in [0.15, 0.2) is 35.9 Å². The van der Waals surface area contributed by atoms with E-state index in [1.807, 2.05) is 37.3 Å². The fourth-order valence-electron chi connectivity index (χ4n) is 7.01. The summed E-state index contributed by atoms with van der Waals surface area (Å²) >= 11 is 0. The van der Waals surface area contributed by atoms with Gasteiger partial charge in [0.2, 0.25) is 0 Å². The Bertz CT molecular complexity index is 854. The molecule has 3 unspecified atom stereocenters. The number of esters is 1. The number of carbonyl (C=O) groups is 1. The third kappa shape index (κ3) is 1.55. The van der Waals surface area contributed by atoms with E-state index in [4.69, 9.17) is 4.74 Å². The van der Waals surface area contributed by atoms with E-state index in [-0.39, 0.29) is 18.5 Å². The van der Waals surface area contributed by atoms with Gasteiger partial charge in [0.05, 0.1) is 25.2 Å². The number of fused-ring (bicyclic) bond motifs is 3. The molecular formula is C21H26N2O4. The third-order valence-electron chi connectivity index (χ3n) is 7.91. The summed E-state index contributed by atoms with van der Waals surface area (Å²) < 4.78 is 5.33. The van der Waals surface area contributed by atoms with Crippen LogP contribution in [0.4, 0.5) is 5.69 Å². The van der Waals surface area contributed by atoms with Crippen LogP contribution < -0.4 is 5.32 Å². The van der Waals surface area contributed by atoms with Crippen molar-refractivity contribution in [1.82, 2.24) is 4.90 Å². The molecule has 4 heterocycles. The van der Waals surface area contributed by atoms with Crippen molar-refractivity contribution < 1.29 is 19.7 Å². The predicted molar refractivity (Wildman–Crippen MR) is 100 cm³/mol. The Labute approximate surface area is 158 Å². The number of hydrogen-bond acceptors (Lipinski definition) is 6. The Kier molecular flexibility index (Phi) is 3.41. The lowest BCUT2D eigenvalue weighted by molar-refractivity contribution is -0.184. The third-order valence-corrected chi connectivity index (χ3v) is 7.91. The van der Waals surface area contributed by atoms with Gasteiger partial charge >= 0.3 is 5.97 Å². The van der Waals surface area contributed by atoms with Crippen molar-refractivity contribution in [2.45, 2.75) is 36.9 Å². The summed E-state index contributed by atoms with van der Waals surface area (Å²) in [7, 11) is 1.40. The summed E-state index contributed by atoms with van der Waals surface area (Å²) in [5.74, 6) is -0.644. The van der Waals surface area contributed by atoms with Crippen molar-refractivity contribution in [3.05, 3.63) is 41.5 Å². The summed E-state index contributed by atoms with van der Waals surface area (Å²) in [5, 5.41) is 25.9. The average molecular weight is 370 g/mol. The highest BCUT2D eigenvalue weighted by molar-refractivity contribution is 5.85. The summed E-state index contributed by atoms with van der Waals surface area (Å²) in [6.45, 7) is 3.10. The smallest absolute Gasteiger partial charge is 0.315 e. The topological polar surface area (TPSA) is 82.0 Å². The van der Waals surface area contributed by atoms with Crippen molar-refractivity contribution in [1.29, 1.82) is 0 Å². The van der Waals surface area contributed by atoms with E-state index < -0.39 is 22.6 Å². The van der Waals surface area contributed by atoms with E-state index >= 15 is 0 Å². The van der Waals surface area contributed by atoms with Crippen LogP contribution in [0.1, 0.15) is 25.3 Å². The molecule has 144 valence electrons. The number of nitrogens with zero attached hydrogens (tertiary/aromatic N) is 1. The molecule has 0 radical (unpaired) electrons. The van der Waals surface area contributed by atoms with Crippen LogP contribution >= 0.6 is 0 Å². The van der Waals surface area contributed by atoms with Crippen LogP contribution in [0.3, 0.4) is 0 Å². The second-order valence-electron chi connectivity index (χ2n) is 8.30. The van der Waals surface area contributed by atoms with Gasteiger partial charge in [-0.05, 0) is 31.4 Å². The van der Waals surface area contributed by atoms with Gasteiger partial charge in [0.15, 0.2) is 0 Å². The Hall–Kier alpha value is -1.89. The number of aliphatic hydroxyl groups excluding tert-OH is 2. The highest BCUT2D eigenvalue weighted by atomic mass is 16.5. The lowest BCUT2D eigenvalue weighted by atomic mass is 9.45. The maximum Gasteiger partial charge on any atom is 0.315 e. The van der Waals surface area contributed by atoms with E-state index in [1.165, 1.54) is 7.11 Å². The number of anilines is 1. The SMILES string of the molecule is C/C=C1/CN2CC[C@@]34c5ccccc5N[C@@]23C(O)C[C@@H]1C4(CO)C(=O)OC. The van der Waals surface area contributed by atoms with Gasteiger partial charge in [-0.15, -0.1) is 0 Å². The van der Waals surface area contributed by atoms with Gasteiger partial charge in [-0.2, -0.15) is 0 Å². The summed E-state index contributed by atoms with van der Waals surface area (Å²) in [4.78, 5) is 15.7. The highest BCUT2D eigenvalue weighted by Crippen LogP contribution is 2.72. The van der Waals surface area contributed by atoms with Gasteiger partial charge in [0, 0.05) is 24.7 Å². The molecule has 1 aromatic rings. The lowest BCUT2D eigenvalue weighted by Crippen LogP contribution is -2.75. The Morgan fingerprint density at radius 2 is 2.22 bits per heavy atom. The number of para-hydroxylation sites is 1. The van der Waals surface area contributed by atoms with Crippen molar-refractivity contribution in [2.24, 2.45) is 11.3 Å². The molecule has 6 nitrogen and oxygen atoms in total. The molecule has 6 heteroatoms. The fraction of sp³-hybridized carbons (Fsp3) is 0.571. The first-order chi connectivity index (χ1) is 13.0. The van der Waals surface area contributed by atoms with Gasteiger partial charge in [-0.1, -0.05) is 29.8 Å². The molecule has 0 aromatic heterocycles. The zero-order valence-electron chi connectivity index (χ0n) is 15.7. The number of carbonyl (C=O) groups excluding carboxylic acids is 1. The minimum Gasteiger partial charge on any atom is -0.468 e. The first-order valence-electron chi connectivity index (χ1n) is 9.68. The quantitative estimate of drug-likeness (QED) is 0.537. The molecule has 1 aromatic carbocycles. The fourth-order valence-corrected chi connectivity index (χ4v) is 7.01. The Balaban J connectivity index is 1.93. The van der Waals surface area contributed by atoms with E-state index in [0.29, 0.717) is 19.4 Å². The number of hydrogen-bond donors (Lipinski definition) is 3. The maximum absolute atomic E-state index is 13.4. The molecule has 5 aliphatic rings. The summed E-state index contributed by atoms with van der Waals surface area (Å²) in [6.07, 6.45) is 2.51. The highest BCUT2D eigenvalue weighted by Gasteiger charge is 2.82. The van der Waals surface area contributed by atoms with E-state index in [9.17, 15) is 15.0 Å². The molecule has 27 heavy (non-hydrogen) atoms. The number of nitrogens with one attached hydrogen (secondary N) is 1. The zero-order valence-corrected chi connectivity index (χ0v) is 15.7. The molecule has 6 atom stereocenters. The molecule has 6 rings (SSSR count). The first kappa shape index (κ1) is 17.2. The molecule has 1 spiro atoms. The van der Waals surface area contributed by atoms with Crippen molar-refractivity contribution >= 4 is 11.7 Å². The molecular weight excluding hydrogens is 344 g/mol. The predicted octanol–water partition coefficient (Wildman–Crippen LogP) is 1.24. The molecule has 4 aliphatic heterocycles. The van der Waals surface area contributed by atoms with Gasteiger partial charge in [0.25, 0.3) is 0 Å². The van der Waals surface area contributed by atoms with Crippen LogP contribution in [0.25, 0.3) is 0 Å². The number of benzene rings is 1. The number of allylic oxidation sites excluding steroid dienone is 1. The van der Waals surface area contributed by atoms with Crippen molar-refractivity contribution in [3.8, 4) is 0 Å². The van der Waals surface area contributed by atoms with E-state index in [1.54, 1.807) is 0 Å². The number of rotatable bonds is 2. The minimum absolute atomic E-state index is 0.263. The first-order valence-corrected chi connectivity index (χ1v) is 9.68. The second-order valence-corrected chi connectivity index (χ2v) is 8.30. The van der Waals surface area contributed by atoms with E-state index in [0.717, 1.165) is 23.4 Å². The average Bonchev–Trinajstić information content (AvgIpc) is 3.11. The van der Waals surface area contributed by atoms with Gasteiger partial charge in [-0.3, -0.25) is 9.69 Å². The molecule has 1 saturated carbocycles. The number of ether oxygens (including phenoxy) is 1. The van der Waals surface area contributed by atoms with Crippen LogP contribution in [-0.2, 0) is 14.9 Å². The molecule has 4 bridgehead atoms. The lowest BCUT2D eigenvalue weighted by Gasteiger charge is -2.59. The normalized spacial score (nSPS) is 45.2. The maximum atomic E-state index is 13.4. The molecule has 4 fully saturated rings. The van der Waals surface area contributed by atoms with Crippen LogP contribution in [0.5, 0.6) is 0 Å². The Morgan fingerprint density at radius 3 is 2.93 bits per heavy atom. The zero-order chi connectivity index (χ0) is 19.0. The molecule has 1 aliphatic carbocycles. The summed E-state index contributed by atoms with van der Waals surface area (Å²) in [6, 6.07) is 7.97. The number of aliphatic hydroxyl groups is 2. The second kappa shape index (κ2) is 5.34. The van der Waals surface area contributed by atoms with Gasteiger partial charge in [0.1, 0.15) is 11.1 Å². The van der Waals surface area contributed by atoms with Crippen molar-refractivity contribution in [2.75, 3.05) is 32.1 Å². The van der Waals surface area contributed by atoms with Gasteiger partial charge < -0.3 is 20.3 Å². The van der Waals surface area contributed by atoms with Crippen LogP contribution in [0.2, 0.25) is 0 Å². The number of methoxy groups -OCH3 is 1. The molecule has 0 amide bonds. The largest absolute Gasteiger partial charge is 0.468 e. The molecule has 3 saturated heterocycles. The monoisotopic (exact) mass is 370 g/mol. The molecule has 3 N–H and O–H groups in total. The van der Waals surface area contributed by atoms with Crippen LogP contribution in [-0.4, -0.2) is 59.7 Å². The van der Waals surface area contributed by atoms with E-state index in [2.05, 4.69) is 10.2 Å².